The maximum absolute atomic E-state index is 8.98. The molecule has 1 aromatic heterocycles. The van der Waals surface area contributed by atoms with E-state index in [2.05, 4.69) is 15.4 Å². The van der Waals surface area contributed by atoms with Gasteiger partial charge in [0.2, 0.25) is 0 Å². The van der Waals surface area contributed by atoms with E-state index in [0.29, 0.717) is 12.5 Å². The zero-order valence-corrected chi connectivity index (χ0v) is 7.57. The molecule has 12 heavy (non-hydrogen) atoms. The standard InChI is InChI=1S/C7H14N4O/c1-5(2)7-6(4-11(3)12)8-10-9-7/h5,12H,4H2,1-3H3,(H,8,9,10). The predicted octanol–water partition coefficient (Wildman–Crippen LogP) is 0.749. The molecular weight excluding hydrogens is 156 g/mol. The summed E-state index contributed by atoms with van der Waals surface area (Å²) in [7, 11) is 1.58. The summed E-state index contributed by atoms with van der Waals surface area (Å²) in [5, 5.41) is 20.6. The van der Waals surface area contributed by atoms with Crippen LogP contribution in [0.2, 0.25) is 0 Å². The monoisotopic (exact) mass is 170 g/mol. The van der Waals surface area contributed by atoms with Crippen molar-refractivity contribution in [1.29, 1.82) is 0 Å². The molecule has 0 unspecified atom stereocenters. The second-order valence-electron chi connectivity index (χ2n) is 3.13. The molecule has 0 radical (unpaired) electrons. The van der Waals surface area contributed by atoms with E-state index in [1.54, 1.807) is 7.05 Å². The van der Waals surface area contributed by atoms with Crippen molar-refractivity contribution in [1.82, 2.24) is 20.5 Å². The second kappa shape index (κ2) is 3.64. The first kappa shape index (κ1) is 9.15. The van der Waals surface area contributed by atoms with Crippen molar-refractivity contribution in [2.45, 2.75) is 26.3 Å². The molecule has 0 atom stereocenters. The van der Waals surface area contributed by atoms with E-state index in [1.807, 2.05) is 13.8 Å². The average Bonchev–Trinajstić information content (AvgIpc) is 2.33. The van der Waals surface area contributed by atoms with E-state index < -0.39 is 0 Å². The molecule has 1 heterocycles. The summed E-state index contributed by atoms with van der Waals surface area (Å²) in [6, 6.07) is 0. The van der Waals surface area contributed by atoms with Crippen molar-refractivity contribution in [2.75, 3.05) is 7.05 Å². The van der Waals surface area contributed by atoms with Gasteiger partial charge in [0.05, 0.1) is 12.2 Å². The van der Waals surface area contributed by atoms with Gasteiger partial charge in [-0.25, -0.2) is 0 Å². The minimum atomic E-state index is 0.332. The number of rotatable bonds is 3. The summed E-state index contributed by atoms with van der Waals surface area (Å²) in [4.78, 5) is 0. The maximum Gasteiger partial charge on any atom is 0.102 e. The van der Waals surface area contributed by atoms with Crippen LogP contribution < -0.4 is 0 Å². The number of aromatic nitrogens is 3. The minimum Gasteiger partial charge on any atom is -0.314 e. The minimum absolute atomic E-state index is 0.332. The van der Waals surface area contributed by atoms with Crippen molar-refractivity contribution in [2.24, 2.45) is 0 Å². The third-order valence-corrected chi connectivity index (χ3v) is 1.58. The van der Waals surface area contributed by atoms with Crippen molar-refractivity contribution < 1.29 is 5.21 Å². The molecule has 0 fully saturated rings. The van der Waals surface area contributed by atoms with Gasteiger partial charge < -0.3 is 5.21 Å². The molecule has 0 spiro atoms. The van der Waals surface area contributed by atoms with E-state index >= 15 is 0 Å². The third kappa shape index (κ3) is 2.02. The molecule has 0 aliphatic rings. The van der Waals surface area contributed by atoms with Crippen LogP contribution in [0.4, 0.5) is 0 Å². The van der Waals surface area contributed by atoms with Crippen LogP contribution in [0.1, 0.15) is 31.2 Å². The molecule has 0 aliphatic heterocycles. The Kier molecular flexibility index (Phi) is 2.78. The molecule has 5 nitrogen and oxygen atoms in total. The highest BCUT2D eigenvalue weighted by molar-refractivity contribution is 5.11. The number of nitrogens with zero attached hydrogens (tertiary/aromatic N) is 3. The van der Waals surface area contributed by atoms with E-state index in [1.165, 1.54) is 0 Å². The van der Waals surface area contributed by atoms with Crippen molar-refractivity contribution in [3.63, 3.8) is 0 Å². The second-order valence-corrected chi connectivity index (χ2v) is 3.13. The predicted molar refractivity (Wildman–Crippen MR) is 43.7 cm³/mol. The Morgan fingerprint density at radius 2 is 2.17 bits per heavy atom. The Balaban J connectivity index is 2.77. The SMILES string of the molecule is CC(C)c1n[nH]nc1CN(C)O. The molecule has 5 heteroatoms. The summed E-state index contributed by atoms with van der Waals surface area (Å²) >= 11 is 0. The fourth-order valence-electron chi connectivity index (χ4n) is 1.06. The average molecular weight is 170 g/mol. The number of hydrogen-bond donors (Lipinski definition) is 2. The van der Waals surface area contributed by atoms with Crippen LogP contribution in [0.25, 0.3) is 0 Å². The first-order chi connectivity index (χ1) is 5.61. The van der Waals surface area contributed by atoms with Crippen LogP contribution in [0.3, 0.4) is 0 Å². The highest BCUT2D eigenvalue weighted by Gasteiger charge is 2.11. The number of hydroxylamine groups is 2. The van der Waals surface area contributed by atoms with Gasteiger partial charge in [-0.1, -0.05) is 13.8 Å². The fourth-order valence-corrected chi connectivity index (χ4v) is 1.06. The Labute approximate surface area is 71.3 Å². The smallest absolute Gasteiger partial charge is 0.102 e. The summed E-state index contributed by atoms with van der Waals surface area (Å²) < 4.78 is 0. The van der Waals surface area contributed by atoms with E-state index in [-0.39, 0.29) is 0 Å². The zero-order chi connectivity index (χ0) is 9.14. The molecule has 0 bridgehead atoms. The maximum atomic E-state index is 8.98. The first-order valence-corrected chi connectivity index (χ1v) is 3.90. The molecule has 1 rings (SSSR count). The Morgan fingerprint density at radius 1 is 1.50 bits per heavy atom. The van der Waals surface area contributed by atoms with Crippen molar-refractivity contribution in [3.05, 3.63) is 11.4 Å². The normalized spacial score (nSPS) is 11.5. The van der Waals surface area contributed by atoms with Crippen LogP contribution >= 0.6 is 0 Å². The lowest BCUT2D eigenvalue weighted by Gasteiger charge is -2.07. The zero-order valence-electron chi connectivity index (χ0n) is 7.57. The fraction of sp³-hybridized carbons (Fsp3) is 0.714. The molecule has 1 aromatic rings. The van der Waals surface area contributed by atoms with E-state index in [0.717, 1.165) is 16.5 Å². The third-order valence-electron chi connectivity index (χ3n) is 1.58. The highest BCUT2D eigenvalue weighted by atomic mass is 16.5. The summed E-state index contributed by atoms with van der Waals surface area (Å²) in [5.74, 6) is 0.332. The Bertz CT molecular complexity index is 243. The summed E-state index contributed by atoms with van der Waals surface area (Å²) in [6.07, 6.45) is 0. The molecular formula is C7H14N4O. The van der Waals surface area contributed by atoms with E-state index in [4.69, 9.17) is 5.21 Å². The Morgan fingerprint density at radius 3 is 2.67 bits per heavy atom. The van der Waals surface area contributed by atoms with Crippen LogP contribution in [-0.4, -0.2) is 32.7 Å². The molecule has 0 aliphatic carbocycles. The van der Waals surface area contributed by atoms with Crippen molar-refractivity contribution >= 4 is 0 Å². The number of aromatic amines is 1. The lowest BCUT2D eigenvalue weighted by molar-refractivity contribution is -0.0743. The molecule has 0 saturated carbocycles. The molecule has 68 valence electrons. The topological polar surface area (TPSA) is 65.0 Å². The summed E-state index contributed by atoms with van der Waals surface area (Å²) in [6.45, 7) is 4.49. The van der Waals surface area contributed by atoms with Gasteiger partial charge in [-0.15, -0.1) is 0 Å². The number of H-pyrrole nitrogens is 1. The lowest BCUT2D eigenvalue weighted by atomic mass is 10.1. The van der Waals surface area contributed by atoms with Crippen LogP contribution in [0, 0.1) is 0 Å². The first-order valence-electron chi connectivity index (χ1n) is 3.90. The molecule has 2 N–H and O–H groups in total. The van der Waals surface area contributed by atoms with Gasteiger partial charge in [-0.3, -0.25) is 0 Å². The molecule has 0 saturated heterocycles. The van der Waals surface area contributed by atoms with Crippen LogP contribution in [0.15, 0.2) is 0 Å². The van der Waals surface area contributed by atoms with Gasteiger partial charge in [0.1, 0.15) is 5.69 Å². The van der Waals surface area contributed by atoms with Gasteiger partial charge in [0.15, 0.2) is 0 Å². The van der Waals surface area contributed by atoms with E-state index in [9.17, 15) is 0 Å². The van der Waals surface area contributed by atoms with Crippen LogP contribution in [-0.2, 0) is 6.54 Å². The largest absolute Gasteiger partial charge is 0.314 e. The Hall–Kier alpha value is -0.940. The number of hydrogen-bond acceptors (Lipinski definition) is 4. The highest BCUT2D eigenvalue weighted by Crippen LogP contribution is 2.14. The van der Waals surface area contributed by atoms with Gasteiger partial charge >= 0.3 is 0 Å². The van der Waals surface area contributed by atoms with Crippen molar-refractivity contribution in [3.8, 4) is 0 Å². The van der Waals surface area contributed by atoms with Crippen LogP contribution in [0.5, 0.6) is 0 Å². The lowest BCUT2D eigenvalue weighted by Crippen LogP contribution is -2.13. The van der Waals surface area contributed by atoms with Gasteiger partial charge in [-0.2, -0.15) is 20.5 Å². The van der Waals surface area contributed by atoms with Gasteiger partial charge in [-0.05, 0) is 5.92 Å². The summed E-state index contributed by atoms with van der Waals surface area (Å²) in [5.41, 5.74) is 1.71. The van der Waals surface area contributed by atoms with Gasteiger partial charge in [0.25, 0.3) is 0 Å². The molecule has 0 aromatic carbocycles. The van der Waals surface area contributed by atoms with Gasteiger partial charge in [0, 0.05) is 7.05 Å². The molecule has 0 amide bonds. The quantitative estimate of drug-likeness (QED) is 0.657. The number of nitrogens with one attached hydrogen (secondary N) is 1.